The number of methoxy groups -OCH3 is 1. The summed E-state index contributed by atoms with van der Waals surface area (Å²) in [5, 5.41) is 18.1. The van der Waals surface area contributed by atoms with Crippen LogP contribution in [0.3, 0.4) is 0 Å². The number of carboxylic acids is 2. The average molecular weight is 431 g/mol. The van der Waals surface area contributed by atoms with Crippen LogP contribution in [0.15, 0.2) is 54.6 Å². The molecule has 0 atom stereocenters. The predicted octanol–water partition coefficient (Wildman–Crippen LogP) is 3.07. The number of aliphatic carboxylic acids is 2. The Hall–Kier alpha value is -3.36. The molecular formula is C23H29NO7. The second-order valence-electron chi connectivity index (χ2n) is 6.14. The van der Waals surface area contributed by atoms with Crippen molar-refractivity contribution in [1.29, 1.82) is 0 Å². The van der Waals surface area contributed by atoms with Gasteiger partial charge in [0.25, 0.3) is 0 Å². The maximum absolute atomic E-state index is 9.10. The van der Waals surface area contributed by atoms with Crippen LogP contribution in [0.25, 0.3) is 6.08 Å². The van der Waals surface area contributed by atoms with Gasteiger partial charge in [0.1, 0.15) is 6.61 Å². The van der Waals surface area contributed by atoms with Crippen molar-refractivity contribution in [2.45, 2.75) is 13.5 Å². The summed E-state index contributed by atoms with van der Waals surface area (Å²) in [7, 11) is 1.65. The quantitative estimate of drug-likeness (QED) is 0.367. The highest BCUT2D eigenvalue weighted by Crippen LogP contribution is 2.28. The lowest BCUT2D eigenvalue weighted by molar-refractivity contribution is -0.159. The maximum Gasteiger partial charge on any atom is 0.414 e. The molecule has 8 nitrogen and oxygen atoms in total. The van der Waals surface area contributed by atoms with Crippen LogP contribution in [0, 0.1) is 0 Å². The predicted molar refractivity (Wildman–Crippen MR) is 117 cm³/mol. The molecule has 0 aromatic heterocycles. The number of nitrogens with one attached hydrogen (secondary N) is 1. The van der Waals surface area contributed by atoms with E-state index in [-0.39, 0.29) is 0 Å². The Morgan fingerprint density at radius 2 is 1.68 bits per heavy atom. The van der Waals surface area contributed by atoms with Crippen molar-refractivity contribution in [2.75, 3.05) is 33.5 Å². The van der Waals surface area contributed by atoms with Crippen LogP contribution in [-0.4, -0.2) is 55.6 Å². The van der Waals surface area contributed by atoms with Crippen molar-refractivity contribution in [3.05, 3.63) is 65.7 Å². The number of allylic oxidation sites excluding steroid dienone is 1. The summed E-state index contributed by atoms with van der Waals surface area (Å²) in [4.78, 5) is 18.2. The van der Waals surface area contributed by atoms with Gasteiger partial charge < -0.3 is 29.7 Å². The van der Waals surface area contributed by atoms with E-state index in [2.05, 4.69) is 17.4 Å². The number of carbonyl (C=O) groups is 2. The van der Waals surface area contributed by atoms with E-state index in [1.54, 1.807) is 7.11 Å². The molecule has 0 radical (unpaired) electrons. The molecule has 0 heterocycles. The standard InChI is InChI=1S/C21H27NO3.C2H2O4/c1-3-7-18-10-11-20(21(16-18)23-2)25-15-14-24-13-12-22-17-19-8-5-4-6-9-19;3-1(4)2(5)6/h3-11,16,22H,12-15,17H2,1-2H3;(H,3,4)(H,5,6)/b7-3+;. The van der Waals surface area contributed by atoms with Gasteiger partial charge in [-0.1, -0.05) is 48.6 Å². The summed E-state index contributed by atoms with van der Waals surface area (Å²) < 4.78 is 16.7. The molecular weight excluding hydrogens is 402 g/mol. The highest BCUT2D eigenvalue weighted by Gasteiger charge is 2.05. The molecule has 0 spiro atoms. The summed E-state index contributed by atoms with van der Waals surface area (Å²) in [5.41, 5.74) is 2.37. The number of rotatable bonds is 11. The van der Waals surface area contributed by atoms with Crippen LogP contribution in [0.2, 0.25) is 0 Å². The molecule has 0 saturated heterocycles. The first-order valence-electron chi connectivity index (χ1n) is 9.70. The van der Waals surface area contributed by atoms with Crippen LogP contribution < -0.4 is 14.8 Å². The van der Waals surface area contributed by atoms with E-state index < -0.39 is 11.9 Å². The van der Waals surface area contributed by atoms with Crippen molar-refractivity contribution in [2.24, 2.45) is 0 Å². The van der Waals surface area contributed by atoms with E-state index >= 15 is 0 Å². The number of benzene rings is 2. The zero-order chi connectivity index (χ0) is 22.9. The number of ether oxygens (including phenoxy) is 3. The summed E-state index contributed by atoms with van der Waals surface area (Å²) >= 11 is 0. The lowest BCUT2D eigenvalue weighted by Crippen LogP contribution is -2.20. The molecule has 0 aliphatic rings. The second kappa shape index (κ2) is 15.5. The number of hydrogen-bond donors (Lipinski definition) is 3. The lowest BCUT2D eigenvalue weighted by atomic mass is 10.2. The molecule has 2 rings (SSSR count). The normalized spacial score (nSPS) is 10.3. The van der Waals surface area contributed by atoms with Crippen molar-refractivity contribution in [3.63, 3.8) is 0 Å². The van der Waals surface area contributed by atoms with Crippen molar-refractivity contribution in [1.82, 2.24) is 5.32 Å². The smallest absolute Gasteiger partial charge is 0.414 e. The molecule has 0 saturated carbocycles. The van der Waals surface area contributed by atoms with E-state index in [1.165, 1.54) is 5.56 Å². The Morgan fingerprint density at radius 1 is 0.968 bits per heavy atom. The molecule has 0 bridgehead atoms. The molecule has 0 fully saturated rings. The topological polar surface area (TPSA) is 114 Å². The zero-order valence-electron chi connectivity index (χ0n) is 17.7. The van der Waals surface area contributed by atoms with Gasteiger partial charge in [-0.05, 0) is 30.2 Å². The van der Waals surface area contributed by atoms with E-state index in [1.807, 2.05) is 55.5 Å². The Bertz CT molecular complexity index is 810. The van der Waals surface area contributed by atoms with Gasteiger partial charge in [-0.25, -0.2) is 9.59 Å². The molecule has 0 aliphatic heterocycles. The second-order valence-corrected chi connectivity index (χ2v) is 6.14. The van der Waals surface area contributed by atoms with Gasteiger partial charge in [0.2, 0.25) is 0 Å². The third-order valence-corrected chi connectivity index (χ3v) is 3.81. The minimum Gasteiger partial charge on any atom is -0.493 e. The van der Waals surface area contributed by atoms with Gasteiger partial charge in [-0.3, -0.25) is 0 Å². The highest BCUT2D eigenvalue weighted by atomic mass is 16.5. The monoisotopic (exact) mass is 431 g/mol. The summed E-state index contributed by atoms with van der Waals surface area (Å²) in [6.07, 6.45) is 4.02. The fourth-order valence-electron chi connectivity index (χ4n) is 2.39. The van der Waals surface area contributed by atoms with Gasteiger partial charge >= 0.3 is 11.9 Å². The zero-order valence-corrected chi connectivity index (χ0v) is 17.7. The van der Waals surface area contributed by atoms with E-state index in [0.717, 1.165) is 30.2 Å². The number of carboxylic acid groups (broad SMARTS) is 2. The first kappa shape index (κ1) is 25.7. The van der Waals surface area contributed by atoms with Gasteiger partial charge in [0, 0.05) is 13.1 Å². The first-order valence-corrected chi connectivity index (χ1v) is 9.70. The fraction of sp³-hybridized carbons (Fsp3) is 0.304. The maximum atomic E-state index is 9.10. The molecule has 0 aliphatic carbocycles. The van der Waals surface area contributed by atoms with E-state index in [0.29, 0.717) is 19.8 Å². The van der Waals surface area contributed by atoms with Gasteiger partial charge in [0.15, 0.2) is 11.5 Å². The molecule has 168 valence electrons. The number of hydrogen-bond acceptors (Lipinski definition) is 6. The Kier molecular flexibility index (Phi) is 12.8. The summed E-state index contributed by atoms with van der Waals surface area (Å²) in [6, 6.07) is 16.2. The van der Waals surface area contributed by atoms with Crippen LogP contribution >= 0.6 is 0 Å². The third kappa shape index (κ3) is 11.4. The Morgan fingerprint density at radius 3 is 2.29 bits per heavy atom. The fourth-order valence-corrected chi connectivity index (χ4v) is 2.39. The average Bonchev–Trinajstić information content (AvgIpc) is 2.77. The van der Waals surface area contributed by atoms with Crippen molar-refractivity contribution in [3.8, 4) is 11.5 Å². The Balaban J connectivity index is 0.000000703. The van der Waals surface area contributed by atoms with Crippen LogP contribution in [0.4, 0.5) is 0 Å². The summed E-state index contributed by atoms with van der Waals surface area (Å²) in [6.45, 7) is 5.37. The van der Waals surface area contributed by atoms with Crippen molar-refractivity contribution < 1.29 is 34.0 Å². The highest BCUT2D eigenvalue weighted by molar-refractivity contribution is 6.27. The van der Waals surface area contributed by atoms with Crippen LogP contribution in [-0.2, 0) is 20.9 Å². The largest absolute Gasteiger partial charge is 0.493 e. The molecule has 2 aromatic rings. The Labute approximate surface area is 182 Å². The minimum absolute atomic E-state index is 0.498. The molecule has 0 unspecified atom stereocenters. The van der Waals surface area contributed by atoms with Gasteiger partial charge in [-0.15, -0.1) is 0 Å². The first-order chi connectivity index (χ1) is 15.0. The summed E-state index contributed by atoms with van der Waals surface area (Å²) in [5.74, 6) is -2.17. The lowest BCUT2D eigenvalue weighted by Gasteiger charge is -2.12. The molecule has 2 aromatic carbocycles. The molecule has 31 heavy (non-hydrogen) atoms. The van der Waals surface area contributed by atoms with Crippen LogP contribution in [0.1, 0.15) is 18.1 Å². The third-order valence-electron chi connectivity index (χ3n) is 3.81. The van der Waals surface area contributed by atoms with Crippen molar-refractivity contribution >= 4 is 18.0 Å². The van der Waals surface area contributed by atoms with Crippen LogP contribution in [0.5, 0.6) is 11.5 Å². The van der Waals surface area contributed by atoms with E-state index in [4.69, 9.17) is 34.0 Å². The molecule has 0 amide bonds. The van der Waals surface area contributed by atoms with Gasteiger partial charge in [-0.2, -0.15) is 0 Å². The van der Waals surface area contributed by atoms with E-state index in [9.17, 15) is 0 Å². The SMILES string of the molecule is C/C=C/c1ccc(OCCOCCNCc2ccccc2)c(OC)c1.O=C(O)C(=O)O. The molecule has 3 N–H and O–H groups in total. The minimum atomic E-state index is -1.82. The molecule has 8 heteroatoms. The van der Waals surface area contributed by atoms with Gasteiger partial charge in [0.05, 0.1) is 20.3 Å².